The molecule has 0 radical (unpaired) electrons. The molecule has 116 valence electrons. The molecule has 1 aliphatic rings. The summed E-state index contributed by atoms with van der Waals surface area (Å²) in [6.45, 7) is 0.963. The van der Waals surface area contributed by atoms with Gasteiger partial charge in [-0.3, -0.25) is 24.1 Å². The van der Waals surface area contributed by atoms with Gasteiger partial charge in [0, 0.05) is 45.1 Å². The first-order valence-electron chi connectivity index (χ1n) is 6.63. The van der Waals surface area contributed by atoms with Crippen LogP contribution in [0.5, 0.6) is 0 Å². The van der Waals surface area contributed by atoms with Crippen LogP contribution < -0.4 is 10.6 Å². The summed E-state index contributed by atoms with van der Waals surface area (Å²) in [6, 6.07) is 0. The predicted octanol–water partition coefficient (Wildman–Crippen LogP) is -1.43. The van der Waals surface area contributed by atoms with E-state index >= 15 is 0 Å². The van der Waals surface area contributed by atoms with Crippen molar-refractivity contribution < 1.29 is 23.9 Å². The maximum absolute atomic E-state index is 11.5. The monoisotopic (exact) mass is 297 g/mol. The standard InChI is InChI=1S/C13H19N3O5/c1-14-10(17)5-8-21-9-6-15-11(18)4-7-16-12(19)2-3-13(16)20/h2-3H,4-9H2,1H3,(H,14,17)(H,15,18). The van der Waals surface area contributed by atoms with Gasteiger partial charge < -0.3 is 15.4 Å². The van der Waals surface area contributed by atoms with Crippen LogP contribution in [0.2, 0.25) is 0 Å². The van der Waals surface area contributed by atoms with E-state index in [0.717, 1.165) is 4.90 Å². The van der Waals surface area contributed by atoms with Gasteiger partial charge in [-0.25, -0.2) is 0 Å². The number of amides is 4. The molecule has 0 aromatic heterocycles. The van der Waals surface area contributed by atoms with Crippen molar-refractivity contribution in [2.75, 3.05) is 33.4 Å². The van der Waals surface area contributed by atoms with Crippen LogP contribution in [0.25, 0.3) is 0 Å². The van der Waals surface area contributed by atoms with Crippen LogP contribution >= 0.6 is 0 Å². The fraction of sp³-hybridized carbons (Fsp3) is 0.538. The lowest BCUT2D eigenvalue weighted by Gasteiger charge is -2.13. The zero-order chi connectivity index (χ0) is 15.7. The number of nitrogens with one attached hydrogen (secondary N) is 2. The Morgan fingerprint density at radius 1 is 1.10 bits per heavy atom. The zero-order valence-electron chi connectivity index (χ0n) is 11.9. The molecule has 1 rings (SSSR count). The summed E-state index contributed by atoms with van der Waals surface area (Å²) in [7, 11) is 1.55. The van der Waals surface area contributed by atoms with Crippen molar-refractivity contribution in [2.45, 2.75) is 12.8 Å². The van der Waals surface area contributed by atoms with Gasteiger partial charge in [0.25, 0.3) is 11.8 Å². The second-order valence-electron chi connectivity index (χ2n) is 4.30. The number of hydrogen-bond acceptors (Lipinski definition) is 5. The van der Waals surface area contributed by atoms with Gasteiger partial charge in [-0.15, -0.1) is 0 Å². The minimum absolute atomic E-state index is 0.0530. The van der Waals surface area contributed by atoms with Crippen molar-refractivity contribution in [1.82, 2.24) is 15.5 Å². The largest absolute Gasteiger partial charge is 0.379 e. The lowest BCUT2D eigenvalue weighted by molar-refractivity contribution is -0.137. The highest BCUT2D eigenvalue weighted by molar-refractivity contribution is 6.13. The van der Waals surface area contributed by atoms with Crippen molar-refractivity contribution in [3.05, 3.63) is 12.2 Å². The molecule has 0 fully saturated rings. The van der Waals surface area contributed by atoms with Crippen molar-refractivity contribution in [3.63, 3.8) is 0 Å². The molecule has 1 heterocycles. The van der Waals surface area contributed by atoms with Crippen LogP contribution in [0.3, 0.4) is 0 Å². The number of hydrogen-bond donors (Lipinski definition) is 2. The van der Waals surface area contributed by atoms with E-state index < -0.39 is 11.8 Å². The maximum Gasteiger partial charge on any atom is 0.253 e. The van der Waals surface area contributed by atoms with Gasteiger partial charge in [0.1, 0.15) is 0 Å². The van der Waals surface area contributed by atoms with Gasteiger partial charge in [-0.1, -0.05) is 0 Å². The average molecular weight is 297 g/mol. The van der Waals surface area contributed by atoms with E-state index in [4.69, 9.17) is 4.74 Å². The molecule has 0 saturated heterocycles. The number of nitrogens with zero attached hydrogens (tertiary/aromatic N) is 1. The van der Waals surface area contributed by atoms with Crippen LogP contribution in [0.4, 0.5) is 0 Å². The molecule has 0 atom stereocenters. The molecule has 8 nitrogen and oxygen atoms in total. The van der Waals surface area contributed by atoms with Crippen molar-refractivity contribution in [2.24, 2.45) is 0 Å². The number of ether oxygens (including phenoxy) is 1. The molecule has 0 aromatic carbocycles. The zero-order valence-corrected chi connectivity index (χ0v) is 11.9. The molecule has 1 aliphatic heterocycles. The summed E-state index contributed by atoms with van der Waals surface area (Å²) < 4.78 is 5.16. The highest BCUT2D eigenvalue weighted by atomic mass is 16.5. The molecule has 4 amide bonds. The number of imide groups is 1. The van der Waals surface area contributed by atoms with Crippen molar-refractivity contribution in [3.8, 4) is 0 Å². The van der Waals surface area contributed by atoms with Crippen LogP contribution in [0.15, 0.2) is 12.2 Å². The summed E-state index contributed by atoms with van der Waals surface area (Å²) in [5, 5.41) is 5.08. The van der Waals surface area contributed by atoms with Crippen LogP contribution in [0, 0.1) is 0 Å². The van der Waals surface area contributed by atoms with E-state index in [2.05, 4.69) is 10.6 Å². The lowest BCUT2D eigenvalue weighted by atomic mass is 10.3. The molecule has 0 unspecified atom stereocenters. The van der Waals surface area contributed by atoms with E-state index in [1.807, 2.05) is 0 Å². The summed E-state index contributed by atoms with van der Waals surface area (Å²) in [5.74, 6) is -1.17. The molecule has 0 bridgehead atoms. The Balaban J connectivity index is 2.03. The van der Waals surface area contributed by atoms with E-state index in [0.29, 0.717) is 13.2 Å². The van der Waals surface area contributed by atoms with Crippen LogP contribution in [-0.4, -0.2) is 61.9 Å². The molecule has 0 saturated carbocycles. The van der Waals surface area contributed by atoms with Gasteiger partial charge in [0.15, 0.2) is 0 Å². The minimum atomic E-state index is -0.398. The second kappa shape index (κ2) is 8.85. The molecule has 0 aromatic rings. The van der Waals surface area contributed by atoms with Crippen molar-refractivity contribution in [1.29, 1.82) is 0 Å². The topological polar surface area (TPSA) is 105 Å². The Morgan fingerprint density at radius 3 is 2.38 bits per heavy atom. The van der Waals surface area contributed by atoms with Gasteiger partial charge in [0.05, 0.1) is 13.2 Å². The number of carbonyl (C=O) groups excluding carboxylic acids is 4. The molecule has 21 heavy (non-hydrogen) atoms. The quantitative estimate of drug-likeness (QED) is 0.401. The first kappa shape index (κ1) is 16.8. The fourth-order valence-corrected chi connectivity index (χ4v) is 1.61. The molecule has 0 spiro atoms. The fourth-order valence-electron chi connectivity index (χ4n) is 1.61. The number of carbonyl (C=O) groups is 4. The summed E-state index contributed by atoms with van der Waals surface area (Å²) in [6.07, 6.45) is 2.69. The van der Waals surface area contributed by atoms with Gasteiger partial charge in [-0.2, -0.15) is 0 Å². The molecule has 2 N–H and O–H groups in total. The van der Waals surface area contributed by atoms with E-state index in [1.54, 1.807) is 7.05 Å². The highest BCUT2D eigenvalue weighted by Gasteiger charge is 2.23. The van der Waals surface area contributed by atoms with Crippen LogP contribution in [0.1, 0.15) is 12.8 Å². The van der Waals surface area contributed by atoms with Gasteiger partial charge in [0.2, 0.25) is 11.8 Å². The summed E-state index contributed by atoms with van der Waals surface area (Å²) in [5.41, 5.74) is 0. The third-order valence-corrected chi connectivity index (χ3v) is 2.78. The molecular weight excluding hydrogens is 278 g/mol. The second-order valence-corrected chi connectivity index (χ2v) is 4.30. The Hall–Kier alpha value is -2.22. The third kappa shape index (κ3) is 6.17. The average Bonchev–Trinajstić information content (AvgIpc) is 2.79. The highest BCUT2D eigenvalue weighted by Crippen LogP contribution is 2.03. The maximum atomic E-state index is 11.5. The first-order chi connectivity index (χ1) is 10.0. The molecule has 0 aliphatic carbocycles. The Bertz CT molecular complexity index is 429. The van der Waals surface area contributed by atoms with E-state index in [1.165, 1.54) is 12.2 Å². The Labute approximate surface area is 122 Å². The van der Waals surface area contributed by atoms with Gasteiger partial charge in [-0.05, 0) is 0 Å². The van der Waals surface area contributed by atoms with Crippen LogP contribution in [-0.2, 0) is 23.9 Å². The predicted molar refractivity (Wildman–Crippen MR) is 73.0 cm³/mol. The lowest BCUT2D eigenvalue weighted by Crippen LogP contribution is -2.35. The normalized spacial score (nSPS) is 13.7. The third-order valence-electron chi connectivity index (χ3n) is 2.78. The first-order valence-corrected chi connectivity index (χ1v) is 6.63. The Morgan fingerprint density at radius 2 is 1.76 bits per heavy atom. The summed E-state index contributed by atoms with van der Waals surface area (Å²) >= 11 is 0. The van der Waals surface area contributed by atoms with E-state index in [9.17, 15) is 19.2 Å². The SMILES string of the molecule is CNC(=O)CCOCCNC(=O)CCN1C(=O)C=CC1=O. The van der Waals surface area contributed by atoms with Gasteiger partial charge >= 0.3 is 0 Å². The number of rotatable bonds is 9. The van der Waals surface area contributed by atoms with E-state index in [-0.39, 0.29) is 37.8 Å². The summed E-state index contributed by atoms with van der Waals surface area (Å²) in [4.78, 5) is 45.9. The smallest absolute Gasteiger partial charge is 0.253 e. The minimum Gasteiger partial charge on any atom is -0.379 e. The van der Waals surface area contributed by atoms with Crippen molar-refractivity contribution >= 4 is 23.6 Å². The Kier molecular flexibility index (Phi) is 7.10. The molecule has 8 heteroatoms. The molecular formula is C13H19N3O5.